The molecule has 0 amide bonds. The van der Waals surface area contributed by atoms with Crippen LogP contribution in [0.4, 0.5) is 5.13 Å². The number of nitrogens with one attached hydrogen (secondary N) is 3. The van der Waals surface area contributed by atoms with E-state index in [9.17, 15) is 0 Å². The van der Waals surface area contributed by atoms with Gasteiger partial charge >= 0.3 is 0 Å². The summed E-state index contributed by atoms with van der Waals surface area (Å²) in [5.74, 6) is 0.756. The lowest BCUT2D eigenvalue weighted by Crippen LogP contribution is -2.39. The first-order chi connectivity index (χ1) is 11.8. The zero-order chi connectivity index (χ0) is 16.6. The molecule has 1 aromatic carbocycles. The molecule has 0 aliphatic carbocycles. The molecular weight excluding hydrogens is 320 g/mol. The Hall–Kier alpha value is -2.67. The van der Waals surface area contributed by atoms with Crippen molar-refractivity contribution in [3.8, 4) is 0 Å². The Morgan fingerprint density at radius 1 is 1.08 bits per heavy atom. The molecule has 7 heteroatoms. The van der Waals surface area contributed by atoms with Gasteiger partial charge in [0.2, 0.25) is 0 Å². The van der Waals surface area contributed by atoms with Crippen LogP contribution in [0.1, 0.15) is 5.69 Å². The Balaban J connectivity index is 1.41. The summed E-state index contributed by atoms with van der Waals surface area (Å²) in [5.41, 5.74) is 2.01. The van der Waals surface area contributed by atoms with Crippen LogP contribution in [0.2, 0.25) is 0 Å². The second-order valence-electron chi connectivity index (χ2n) is 5.09. The molecule has 2 aromatic heterocycles. The van der Waals surface area contributed by atoms with E-state index < -0.39 is 0 Å². The number of thiazole rings is 1. The van der Waals surface area contributed by atoms with Crippen molar-refractivity contribution in [2.24, 2.45) is 4.99 Å². The maximum absolute atomic E-state index is 4.55. The monoisotopic (exact) mass is 340 g/mol. The Kier molecular flexibility index (Phi) is 5.57. The van der Waals surface area contributed by atoms with Gasteiger partial charge in [0.25, 0.3) is 0 Å². The fourth-order valence-corrected chi connectivity index (χ4v) is 3.09. The van der Waals surface area contributed by atoms with Gasteiger partial charge in [0.15, 0.2) is 11.1 Å². The second-order valence-corrected chi connectivity index (χ2v) is 6.12. The molecule has 3 aromatic rings. The molecule has 0 bridgehead atoms. The summed E-state index contributed by atoms with van der Waals surface area (Å²) < 4.78 is 1.20. The predicted octanol–water partition coefficient (Wildman–Crippen LogP) is 2.47. The highest BCUT2D eigenvalue weighted by atomic mass is 32.1. The molecule has 3 N–H and O–H groups in total. The van der Waals surface area contributed by atoms with Crippen molar-refractivity contribution in [1.82, 2.24) is 20.6 Å². The number of para-hydroxylation sites is 1. The van der Waals surface area contributed by atoms with E-state index in [0.29, 0.717) is 6.54 Å². The third-order valence-electron chi connectivity index (χ3n) is 3.37. The van der Waals surface area contributed by atoms with Gasteiger partial charge in [0.1, 0.15) is 0 Å². The summed E-state index contributed by atoms with van der Waals surface area (Å²) in [4.78, 5) is 13.0. The summed E-state index contributed by atoms with van der Waals surface area (Å²) in [6.07, 6.45) is 1.79. The minimum absolute atomic E-state index is 0.645. The molecular formula is C17H20N6S. The van der Waals surface area contributed by atoms with Crippen LogP contribution in [-0.4, -0.2) is 36.1 Å². The average Bonchev–Trinajstić information content (AvgIpc) is 3.05. The lowest BCUT2D eigenvalue weighted by molar-refractivity contribution is 0.798. The number of benzene rings is 1. The van der Waals surface area contributed by atoms with Gasteiger partial charge in [-0.1, -0.05) is 29.5 Å². The quantitative estimate of drug-likeness (QED) is 0.365. The van der Waals surface area contributed by atoms with Gasteiger partial charge in [-0.25, -0.2) is 4.98 Å². The van der Waals surface area contributed by atoms with Crippen LogP contribution in [0.5, 0.6) is 0 Å². The van der Waals surface area contributed by atoms with E-state index >= 15 is 0 Å². The van der Waals surface area contributed by atoms with E-state index in [1.165, 1.54) is 4.70 Å². The number of anilines is 1. The summed E-state index contributed by atoms with van der Waals surface area (Å²) in [7, 11) is 1.76. The number of guanidine groups is 1. The smallest absolute Gasteiger partial charge is 0.191 e. The number of pyridine rings is 1. The van der Waals surface area contributed by atoms with Crippen molar-refractivity contribution >= 4 is 32.6 Å². The summed E-state index contributed by atoms with van der Waals surface area (Å²) in [6, 6.07) is 14.0. The average molecular weight is 340 g/mol. The van der Waals surface area contributed by atoms with Gasteiger partial charge in [-0.15, -0.1) is 0 Å². The van der Waals surface area contributed by atoms with E-state index in [1.807, 2.05) is 36.4 Å². The van der Waals surface area contributed by atoms with Crippen LogP contribution >= 0.6 is 11.3 Å². The molecule has 124 valence electrons. The van der Waals surface area contributed by atoms with Crippen molar-refractivity contribution in [2.75, 3.05) is 25.5 Å². The second kappa shape index (κ2) is 8.26. The number of nitrogens with zero attached hydrogens (tertiary/aromatic N) is 3. The largest absolute Gasteiger partial charge is 0.360 e. The minimum atomic E-state index is 0.645. The maximum atomic E-state index is 4.55. The molecule has 0 aliphatic rings. The third-order valence-corrected chi connectivity index (χ3v) is 4.37. The highest BCUT2D eigenvalue weighted by Crippen LogP contribution is 2.24. The standard InChI is InChI=1S/C17H20N6S/c1-18-16(22-12-13-6-4-5-9-19-13)20-10-11-21-17-23-14-7-2-3-8-15(14)24-17/h2-9H,10-12H2,1H3,(H,21,23)(H2,18,20,22). The van der Waals surface area contributed by atoms with E-state index in [-0.39, 0.29) is 0 Å². The minimum Gasteiger partial charge on any atom is -0.360 e. The molecule has 24 heavy (non-hydrogen) atoms. The van der Waals surface area contributed by atoms with Crippen LogP contribution in [0, 0.1) is 0 Å². The van der Waals surface area contributed by atoms with Crippen LogP contribution in [0.15, 0.2) is 53.7 Å². The first-order valence-electron chi connectivity index (χ1n) is 7.79. The van der Waals surface area contributed by atoms with Gasteiger partial charge in [0, 0.05) is 26.3 Å². The van der Waals surface area contributed by atoms with Crippen LogP contribution in [0.25, 0.3) is 10.2 Å². The predicted molar refractivity (Wildman–Crippen MR) is 101 cm³/mol. The lowest BCUT2D eigenvalue weighted by Gasteiger charge is -2.11. The van der Waals surface area contributed by atoms with Gasteiger partial charge < -0.3 is 16.0 Å². The normalized spacial score (nSPS) is 11.5. The Morgan fingerprint density at radius 3 is 2.75 bits per heavy atom. The fraction of sp³-hybridized carbons (Fsp3) is 0.235. The Bertz CT molecular complexity index is 766. The number of fused-ring (bicyclic) bond motifs is 1. The van der Waals surface area contributed by atoms with Crippen molar-refractivity contribution < 1.29 is 0 Å². The summed E-state index contributed by atoms with van der Waals surface area (Å²) in [5, 5.41) is 10.8. The molecule has 6 nitrogen and oxygen atoms in total. The molecule has 0 fully saturated rings. The zero-order valence-corrected chi connectivity index (χ0v) is 14.3. The van der Waals surface area contributed by atoms with E-state index in [2.05, 4.69) is 37.0 Å². The van der Waals surface area contributed by atoms with Crippen LogP contribution in [0.3, 0.4) is 0 Å². The maximum Gasteiger partial charge on any atom is 0.191 e. The Labute approximate surface area is 145 Å². The molecule has 3 rings (SSSR count). The molecule has 0 atom stereocenters. The van der Waals surface area contributed by atoms with E-state index in [1.54, 1.807) is 24.6 Å². The fourth-order valence-electron chi connectivity index (χ4n) is 2.20. The van der Waals surface area contributed by atoms with Crippen LogP contribution < -0.4 is 16.0 Å². The number of aliphatic imine (C=N–C) groups is 1. The molecule has 0 saturated heterocycles. The van der Waals surface area contributed by atoms with E-state index in [4.69, 9.17) is 0 Å². The molecule has 0 spiro atoms. The molecule has 0 aliphatic heterocycles. The third kappa shape index (κ3) is 4.42. The van der Waals surface area contributed by atoms with Gasteiger partial charge in [-0.05, 0) is 24.3 Å². The van der Waals surface area contributed by atoms with Gasteiger partial charge in [-0.3, -0.25) is 9.98 Å². The van der Waals surface area contributed by atoms with Gasteiger partial charge in [0.05, 0.1) is 22.5 Å². The number of hydrogen-bond acceptors (Lipinski definition) is 5. The number of rotatable bonds is 6. The topological polar surface area (TPSA) is 74.2 Å². The van der Waals surface area contributed by atoms with Crippen LogP contribution in [-0.2, 0) is 6.54 Å². The first kappa shape index (κ1) is 16.2. The van der Waals surface area contributed by atoms with Crippen molar-refractivity contribution in [3.63, 3.8) is 0 Å². The highest BCUT2D eigenvalue weighted by molar-refractivity contribution is 7.22. The Morgan fingerprint density at radius 2 is 1.96 bits per heavy atom. The van der Waals surface area contributed by atoms with Crippen molar-refractivity contribution in [1.29, 1.82) is 0 Å². The molecule has 0 radical (unpaired) electrons. The number of hydrogen-bond donors (Lipinski definition) is 3. The lowest BCUT2D eigenvalue weighted by atomic mass is 10.3. The van der Waals surface area contributed by atoms with E-state index in [0.717, 1.165) is 35.4 Å². The van der Waals surface area contributed by atoms with Crippen molar-refractivity contribution in [2.45, 2.75) is 6.54 Å². The molecule has 2 heterocycles. The summed E-state index contributed by atoms with van der Waals surface area (Å²) >= 11 is 1.67. The zero-order valence-electron chi connectivity index (χ0n) is 13.5. The SMILES string of the molecule is CN=C(NCCNc1nc2ccccc2s1)NCc1ccccn1. The molecule has 0 unspecified atom stereocenters. The highest BCUT2D eigenvalue weighted by Gasteiger charge is 2.02. The molecule has 0 saturated carbocycles. The first-order valence-corrected chi connectivity index (χ1v) is 8.60. The summed E-state index contributed by atoms with van der Waals surface area (Å²) in [6.45, 7) is 2.16. The number of aromatic nitrogens is 2. The van der Waals surface area contributed by atoms with Gasteiger partial charge in [-0.2, -0.15) is 0 Å². The van der Waals surface area contributed by atoms with Crippen molar-refractivity contribution in [3.05, 3.63) is 54.4 Å².